The van der Waals surface area contributed by atoms with Crippen LogP contribution in [0.15, 0.2) is 35.6 Å². The third-order valence-corrected chi connectivity index (χ3v) is 3.69. The Hall–Kier alpha value is -1.81. The van der Waals surface area contributed by atoms with Gasteiger partial charge in [-0.1, -0.05) is 23.4 Å². The van der Waals surface area contributed by atoms with Crippen LogP contribution in [0.5, 0.6) is 0 Å². The number of benzene rings is 1. The van der Waals surface area contributed by atoms with E-state index in [4.69, 9.17) is 5.21 Å². The molecule has 0 spiro atoms. The molecule has 0 unspecified atom stereocenters. The Morgan fingerprint density at radius 3 is 2.84 bits per heavy atom. The van der Waals surface area contributed by atoms with E-state index < -0.39 is 0 Å². The van der Waals surface area contributed by atoms with Gasteiger partial charge < -0.3 is 15.5 Å². The van der Waals surface area contributed by atoms with E-state index in [2.05, 4.69) is 39.9 Å². The number of aromatic nitrogens is 1. The molecule has 0 amide bonds. The molecule has 0 bridgehead atoms. The highest BCUT2D eigenvalue weighted by Crippen LogP contribution is 2.18. The fraction of sp³-hybridized carbons (Fsp3) is 0.400. The van der Waals surface area contributed by atoms with E-state index in [1.54, 1.807) is 0 Å². The number of nitrogens with zero attached hydrogens (tertiary/aromatic N) is 1. The van der Waals surface area contributed by atoms with Crippen molar-refractivity contribution < 1.29 is 5.21 Å². The van der Waals surface area contributed by atoms with Gasteiger partial charge >= 0.3 is 0 Å². The molecule has 0 atom stereocenters. The summed E-state index contributed by atoms with van der Waals surface area (Å²) in [6.07, 6.45) is 3.00. The summed E-state index contributed by atoms with van der Waals surface area (Å²) in [4.78, 5) is 3.28. The van der Waals surface area contributed by atoms with Gasteiger partial charge in [0.25, 0.3) is 0 Å². The van der Waals surface area contributed by atoms with E-state index in [0.29, 0.717) is 5.71 Å². The molecule has 1 aromatic carbocycles. The molecule has 3 N–H and O–H groups in total. The molecule has 0 aliphatic rings. The van der Waals surface area contributed by atoms with Crippen molar-refractivity contribution in [2.45, 2.75) is 32.7 Å². The van der Waals surface area contributed by atoms with Crippen LogP contribution in [0.25, 0.3) is 10.9 Å². The van der Waals surface area contributed by atoms with Crippen LogP contribution in [0.2, 0.25) is 0 Å². The maximum Gasteiger partial charge on any atom is 0.0734 e. The first-order valence-electron chi connectivity index (χ1n) is 6.54. The summed E-state index contributed by atoms with van der Waals surface area (Å²) in [6, 6.07) is 8.30. The van der Waals surface area contributed by atoms with E-state index in [1.165, 1.54) is 16.5 Å². The standard InChI is InChI=1S/C15H21N3O/c1-11(18-19)15(2,3)17-9-8-12-10-16-14-7-5-4-6-13(12)14/h4-7,10,16-17,19H,8-9H2,1-3H3/b18-11+. The van der Waals surface area contributed by atoms with Gasteiger partial charge in [-0.05, 0) is 38.8 Å². The number of fused-ring (bicyclic) bond motifs is 1. The Morgan fingerprint density at radius 1 is 1.37 bits per heavy atom. The zero-order valence-corrected chi connectivity index (χ0v) is 11.7. The summed E-state index contributed by atoms with van der Waals surface area (Å²) in [5, 5.41) is 16.8. The van der Waals surface area contributed by atoms with Crippen molar-refractivity contribution in [2.24, 2.45) is 5.16 Å². The lowest BCUT2D eigenvalue weighted by molar-refractivity contribution is 0.310. The molecule has 2 aromatic rings. The van der Waals surface area contributed by atoms with Crippen molar-refractivity contribution in [2.75, 3.05) is 6.54 Å². The summed E-state index contributed by atoms with van der Waals surface area (Å²) in [7, 11) is 0. The van der Waals surface area contributed by atoms with Crippen molar-refractivity contribution in [3.63, 3.8) is 0 Å². The van der Waals surface area contributed by atoms with Gasteiger partial charge in [-0.25, -0.2) is 0 Å². The average molecular weight is 259 g/mol. The number of H-pyrrole nitrogens is 1. The number of para-hydroxylation sites is 1. The lowest BCUT2D eigenvalue weighted by atomic mass is 9.99. The lowest BCUT2D eigenvalue weighted by Crippen LogP contribution is -2.46. The molecule has 19 heavy (non-hydrogen) atoms. The second-order valence-electron chi connectivity index (χ2n) is 5.35. The lowest BCUT2D eigenvalue weighted by Gasteiger charge is -2.25. The molecule has 1 heterocycles. The predicted molar refractivity (Wildman–Crippen MR) is 79.0 cm³/mol. The summed E-state index contributed by atoms with van der Waals surface area (Å²) in [5.41, 5.74) is 2.87. The Morgan fingerprint density at radius 2 is 2.11 bits per heavy atom. The largest absolute Gasteiger partial charge is 0.411 e. The topological polar surface area (TPSA) is 60.4 Å². The highest BCUT2D eigenvalue weighted by Gasteiger charge is 2.21. The summed E-state index contributed by atoms with van der Waals surface area (Å²) >= 11 is 0. The molecule has 0 fully saturated rings. The van der Waals surface area contributed by atoms with Crippen molar-refractivity contribution in [3.8, 4) is 0 Å². The molecule has 0 radical (unpaired) electrons. The molecular weight excluding hydrogens is 238 g/mol. The van der Waals surface area contributed by atoms with Gasteiger partial charge in [0, 0.05) is 23.6 Å². The van der Waals surface area contributed by atoms with Crippen molar-refractivity contribution in [1.82, 2.24) is 10.3 Å². The number of nitrogens with one attached hydrogen (secondary N) is 2. The van der Waals surface area contributed by atoms with Crippen LogP contribution in [0.4, 0.5) is 0 Å². The van der Waals surface area contributed by atoms with Gasteiger partial charge in [0.2, 0.25) is 0 Å². The zero-order chi connectivity index (χ0) is 13.9. The smallest absolute Gasteiger partial charge is 0.0734 e. The second-order valence-corrected chi connectivity index (χ2v) is 5.35. The first-order chi connectivity index (χ1) is 9.04. The highest BCUT2D eigenvalue weighted by atomic mass is 16.4. The Labute approximate surface area is 113 Å². The fourth-order valence-electron chi connectivity index (χ4n) is 2.10. The van der Waals surface area contributed by atoms with Crippen molar-refractivity contribution in [3.05, 3.63) is 36.0 Å². The minimum Gasteiger partial charge on any atom is -0.411 e. The van der Waals surface area contributed by atoms with E-state index in [9.17, 15) is 0 Å². The number of hydrogen-bond donors (Lipinski definition) is 3. The van der Waals surface area contributed by atoms with Crippen LogP contribution in [0.3, 0.4) is 0 Å². The number of oxime groups is 1. The third-order valence-electron chi connectivity index (χ3n) is 3.69. The molecular formula is C15H21N3O. The quantitative estimate of drug-likeness (QED) is 0.439. The molecule has 0 aliphatic carbocycles. The van der Waals surface area contributed by atoms with Crippen LogP contribution < -0.4 is 5.32 Å². The first-order valence-corrected chi connectivity index (χ1v) is 6.54. The van der Waals surface area contributed by atoms with E-state index in [1.807, 2.05) is 26.8 Å². The van der Waals surface area contributed by atoms with E-state index in [-0.39, 0.29) is 5.54 Å². The van der Waals surface area contributed by atoms with Gasteiger partial charge in [0.15, 0.2) is 0 Å². The van der Waals surface area contributed by atoms with Gasteiger partial charge in [0.05, 0.1) is 11.3 Å². The van der Waals surface area contributed by atoms with E-state index >= 15 is 0 Å². The third kappa shape index (κ3) is 2.96. The van der Waals surface area contributed by atoms with Crippen LogP contribution in [-0.4, -0.2) is 28.0 Å². The Kier molecular flexibility index (Phi) is 3.90. The summed E-state index contributed by atoms with van der Waals surface area (Å²) < 4.78 is 0. The molecule has 0 saturated carbocycles. The normalized spacial score (nSPS) is 13.1. The maximum absolute atomic E-state index is 8.84. The molecule has 4 heteroatoms. The van der Waals surface area contributed by atoms with Gasteiger partial charge in [0.1, 0.15) is 0 Å². The molecule has 1 aromatic heterocycles. The average Bonchev–Trinajstić information content (AvgIpc) is 2.81. The zero-order valence-electron chi connectivity index (χ0n) is 11.7. The predicted octanol–water partition coefficient (Wildman–Crippen LogP) is 2.93. The minimum absolute atomic E-state index is 0.291. The molecule has 4 nitrogen and oxygen atoms in total. The number of rotatable bonds is 5. The second kappa shape index (κ2) is 5.45. The SMILES string of the molecule is C/C(=N\O)C(C)(C)NCCc1c[nH]c2ccccc12. The van der Waals surface area contributed by atoms with Crippen LogP contribution >= 0.6 is 0 Å². The van der Waals surface area contributed by atoms with Crippen molar-refractivity contribution in [1.29, 1.82) is 0 Å². The molecule has 0 saturated heterocycles. The number of aromatic amines is 1. The van der Waals surface area contributed by atoms with Gasteiger partial charge in [-0.15, -0.1) is 0 Å². The molecule has 2 rings (SSSR count). The molecule has 0 aliphatic heterocycles. The van der Waals surface area contributed by atoms with Gasteiger partial charge in [-0.2, -0.15) is 0 Å². The molecule has 102 valence electrons. The van der Waals surface area contributed by atoms with Crippen molar-refractivity contribution >= 4 is 16.6 Å². The first kappa shape index (κ1) is 13.6. The number of hydrogen-bond acceptors (Lipinski definition) is 3. The monoisotopic (exact) mass is 259 g/mol. The van der Waals surface area contributed by atoms with Gasteiger partial charge in [-0.3, -0.25) is 0 Å². The Balaban J connectivity index is 2.00. The fourth-order valence-corrected chi connectivity index (χ4v) is 2.10. The Bertz CT molecular complexity index is 584. The summed E-state index contributed by atoms with van der Waals surface area (Å²) in [5.74, 6) is 0. The summed E-state index contributed by atoms with van der Waals surface area (Å²) in [6.45, 7) is 6.68. The maximum atomic E-state index is 8.84. The minimum atomic E-state index is -0.291. The van der Waals surface area contributed by atoms with E-state index in [0.717, 1.165) is 13.0 Å². The van der Waals surface area contributed by atoms with Crippen LogP contribution in [-0.2, 0) is 6.42 Å². The van der Waals surface area contributed by atoms with Crippen LogP contribution in [0.1, 0.15) is 26.3 Å². The highest BCUT2D eigenvalue weighted by molar-refractivity contribution is 5.90. The van der Waals surface area contributed by atoms with Crippen LogP contribution in [0, 0.1) is 0 Å².